The summed E-state index contributed by atoms with van der Waals surface area (Å²) in [7, 11) is 5.17. The molecule has 0 aliphatic heterocycles. The van der Waals surface area contributed by atoms with Crippen LogP contribution in [0.3, 0.4) is 0 Å². The van der Waals surface area contributed by atoms with Crippen LogP contribution in [0.15, 0.2) is 0 Å². The van der Waals surface area contributed by atoms with Crippen LogP contribution in [0.2, 0.25) is 0 Å². The van der Waals surface area contributed by atoms with Gasteiger partial charge in [-0.05, 0) is 12.8 Å². The lowest BCUT2D eigenvalue weighted by atomic mass is 9.79. The molecule has 1 aliphatic carbocycles. The van der Waals surface area contributed by atoms with Crippen molar-refractivity contribution in [2.45, 2.75) is 68.2 Å². The third-order valence-corrected chi connectivity index (χ3v) is 3.78. The summed E-state index contributed by atoms with van der Waals surface area (Å²) in [6, 6.07) is 0. The van der Waals surface area contributed by atoms with E-state index in [1.165, 1.54) is 6.42 Å². The quantitative estimate of drug-likeness (QED) is 0.832. The molecule has 0 saturated heterocycles. The number of carbonyl (C=O) groups is 3. The van der Waals surface area contributed by atoms with E-state index in [-0.39, 0.29) is 37.0 Å². The molecule has 1 N–H and O–H groups in total. The maximum atomic E-state index is 11.1. The Morgan fingerprint density at radius 3 is 1.36 bits per heavy atom. The molecule has 5 heteroatoms. The molecule has 0 spiro atoms. The van der Waals surface area contributed by atoms with Crippen LogP contribution < -0.4 is 5.32 Å². The number of Topliss-reactive ketones (excluding diaryl/α,β-unsaturated/α-hetero) is 1. The van der Waals surface area contributed by atoms with Gasteiger partial charge in [0.25, 0.3) is 0 Å². The average molecular weight is 359 g/mol. The van der Waals surface area contributed by atoms with Gasteiger partial charge in [-0.2, -0.15) is 0 Å². The van der Waals surface area contributed by atoms with Crippen LogP contribution in [0, 0.1) is 23.7 Å². The lowest BCUT2D eigenvalue weighted by Gasteiger charge is -2.25. The van der Waals surface area contributed by atoms with Gasteiger partial charge in [-0.3, -0.25) is 14.4 Å². The van der Waals surface area contributed by atoms with Crippen molar-refractivity contribution < 1.29 is 14.4 Å². The summed E-state index contributed by atoms with van der Waals surface area (Å²) in [4.78, 5) is 33.9. The lowest BCUT2D eigenvalue weighted by Crippen LogP contribution is -2.26. The summed E-state index contributed by atoms with van der Waals surface area (Å²) in [5.74, 6) is 1.70. The van der Waals surface area contributed by atoms with Crippen LogP contribution in [0.4, 0.5) is 0 Å². The minimum atomic E-state index is 0. The first-order chi connectivity index (χ1) is 10.9. The maximum absolute atomic E-state index is 11.1. The second-order valence-corrected chi connectivity index (χ2v) is 7.34. The summed E-state index contributed by atoms with van der Waals surface area (Å²) in [6.45, 7) is 11.5. The first kappa shape index (κ1) is 28.4. The van der Waals surface area contributed by atoms with E-state index in [2.05, 4.69) is 5.32 Å². The molecule has 150 valence electrons. The molecular weight excluding hydrogens is 316 g/mol. The monoisotopic (exact) mass is 358 g/mol. The number of ketones is 1. The zero-order valence-electron chi connectivity index (χ0n) is 17.1. The molecule has 0 bridgehead atoms. The second kappa shape index (κ2) is 14.9. The second-order valence-electron chi connectivity index (χ2n) is 7.34. The van der Waals surface area contributed by atoms with Gasteiger partial charge in [0.1, 0.15) is 5.78 Å². The van der Waals surface area contributed by atoms with E-state index in [1.807, 2.05) is 41.5 Å². The fourth-order valence-corrected chi connectivity index (χ4v) is 1.97. The van der Waals surface area contributed by atoms with Gasteiger partial charge in [-0.1, -0.05) is 55.4 Å². The van der Waals surface area contributed by atoms with Crippen LogP contribution in [-0.4, -0.2) is 43.6 Å². The van der Waals surface area contributed by atoms with Gasteiger partial charge in [0.2, 0.25) is 11.8 Å². The normalized spacial score (nSPS) is 12.8. The first-order valence-corrected chi connectivity index (χ1v) is 8.92. The van der Waals surface area contributed by atoms with Crippen LogP contribution in [0.25, 0.3) is 0 Å². The minimum Gasteiger partial charge on any atom is -0.359 e. The van der Waals surface area contributed by atoms with Gasteiger partial charge in [0.15, 0.2) is 0 Å². The molecule has 0 atom stereocenters. The highest BCUT2D eigenvalue weighted by molar-refractivity contribution is 5.83. The molecule has 5 nitrogen and oxygen atoms in total. The Morgan fingerprint density at radius 2 is 1.32 bits per heavy atom. The molecule has 2 amide bonds. The van der Waals surface area contributed by atoms with Crippen molar-refractivity contribution in [3.63, 3.8) is 0 Å². The number of hydrogen-bond acceptors (Lipinski definition) is 3. The molecule has 0 unspecified atom stereocenters. The van der Waals surface area contributed by atoms with Crippen molar-refractivity contribution >= 4 is 17.6 Å². The molecule has 0 aromatic rings. The van der Waals surface area contributed by atoms with Crippen LogP contribution in [0.1, 0.15) is 68.2 Å². The van der Waals surface area contributed by atoms with Gasteiger partial charge >= 0.3 is 0 Å². The summed E-state index contributed by atoms with van der Waals surface area (Å²) in [5, 5.41) is 2.53. The summed E-state index contributed by atoms with van der Waals surface area (Å²) in [6.07, 6.45) is 3.57. The number of nitrogens with one attached hydrogen (secondary N) is 1. The molecule has 1 rings (SSSR count). The van der Waals surface area contributed by atoms with E-state index in [0.717, 1.165) is 12.8 Å². The minimum absolute atomic E-state index is 0. The number of carbonyl (C=O) groups excluding carboxylic acids is 3. The van der Waals surface area contributed by atoms with Crippen molar-refractivity contribution in [3.8, 4) is 0 Å². The number of hydrogen-bond donors (Lipinski definition) is 1. The Bertz CT molecular complexity index is 374. The maximum Gasteiger partial charge on any atom is 0.224 e. The summed E-state index contributed by atoms with van der Waals surface area (Å²) >= 11 is 0. The highest BCUT2D eigenvalue weighted by Gasteiger charge is 2.26. The number of rotatable bonds is 4. The molecule has 25 heavy (non-hydrogen) atoms. The first-order valence-electron chi connectivity index (χ1n) is 8.92. The molecule has 0 aromatic carbocycles. The Kier molecular flexibility index (Phi) is 16.9. The van der Waals surface area contributed by atoms with Crippen molar-refractivity contribution in [1.29, 1.82) is 0 Å². The highest BCUT2D eigenvalue weighted by Crippen LogP contribution is 2.29. The summed E-state index contributed by atoms with van der Waals surface area (Å²) in [5.41, 5.74) is 0. The largest absolute Gasteiger partial charge is 0.359 e. The van der Waals surface area contributed by atoms with E-state index in [1.54, 1.807) is 26.0 Å². The molecule has 1 aliphatic rings. The highest BCUT2D eigenvalue weighted by atomic mass is 16.2. The predicted molar refractivity (Wildman–Crippen MR) is 106 cm³/mol. The van der Waals surface area contributed by atoms with Crippen LogP contribution in [-0.2, 0) is 14.4 Å². The van der Waals surface area contributed by atoms with E-state index in [0.29, 0.717) is 11.7 Å². The van der Waals surface area contributed by atoms with E-state index >= 15 is 0 Å². The van der Waals surface area contributed by atoms with E-state index in [4.69, 9.17) is 0 Å². The lowest BCUT2D eigenvalue weighted by molar-refractivity contribution is -0.132. The Morgan fingerprint density at radius 1 is 0.880 bits per heavy atom. The van der Waals surface area contributed by atoms with Gasteiger partial charge in [-0.15, -0.1) is 0 Å². The molecule has 0 heterocycles. The topological polar surface area (TPSA) is 66.5 Å². The van der Waals surface area contributed by atoms with E-state index in [9.17, 15) is 14.4 Å². The molecular formula is C20H42N2O3. The number of amides is 2. The standard InChI is InChI=1S/C8H14O.C6H13NO.C5H11NO.CH4/c1-6(2)8(9)7-4-3-5-7;1-5(2)6(8)7(3)4;1-4(2)5(7)6-3;/h6-7H,3-5H2,1-2H3;5H,1-4H3;4H,1-3H3,(H,6,7);1H4. The Balaban J connectivity index is -0.000000288. The van der Waals surface area contributed by atoms with Crippen molar-refractivity contribution in [3.05, 3.63) is 0 Å². The fraction of sp³-hybridized carbons (Fsp3) is 0.850. The fourth-order valence-electron chi connectivity index (χ4n) is 1.97. The van der Waals surface area contributed by atoms with Gasteiger partial charge in [0.05, 0.1) is 0 Å². The van der Waals surface area contributed by atoms with Crippen molar-refractivity contribution in [2.24, 2.45) is 23.7 Å². The predicted octanol–water partition coefficient (Wildman–Crippen LogP) is 3.77. The molecule has 0 radical (unpaired) electrons. The Labute approximate surface area is 155 Å². The van der Waals surface area contributed by atoms with Gasteiger partial charge < -0.3 is 10.2 Å². The van der Waals surface area contributed by atoms with Crippen LogP contribution >= 0.6 is 0 Å². The molecule has 0 aromatic heterocycles. The van der Waals surface area contributed by atoms with E-state index < -0.39 is 0 Å². The SMILES string of the molecule is C.CC(C)C(=O)C1CCC1.CC(C)C(=O)N(C)C.CNC(=O)C(C)C. The van der Waals surface area contributed by atoms with Crippen molar-refractivity contribution in [1.82, 2.24) is 10.2 Å². The summed E-state index contributed by atoms with van der Waals surface area (Å²) < 4.78 is 0. The third kappa shape index (κ3) is 13.6. The zero-order chi connectivity index (χ0) is 19.4. The van der Waals surface area contributed by atoms with Crippen molar-refractivity contribution in [2.75, 3.05) is 21.1 Å². The van der Waals surface area contributed by atoms with Gasteiger partial charge in [-0.25, -0.2) is 0 Å². The molecule has 1 saturated carbocycles. The molecule has 1 fully saturated rings. The zero-order valence-corrected chi connectivity index (χ0v) is 17.1. The smallest absolute Gasteiger partial charge is 0.224 e. The third-order valence-electron chi connectivity index (χ3n) is 3.78. The van der Waals surface area contributed by atoms with Gasteiger partial charge in [0, 0.05) is 44.8 Å². The van der Waals surface area contributed by atoms with Crippen LogP contribution in [0.5, 0.6) is 0 Å². The Hall–Kier alpha value is -1.39. The number of nitrogens with zero attached hydrogens (tertiary/aromatic N) is 1. The average Bonchev–Trinajstić information content (AvgIpc) is 2.44.